The first-order valence-electron chi connectivity index (χ1n) is 7.81. The average Bonchev–Trinajstić information content (AvgIpc) is 2.96. The fourth-order valence-corrected chi connectivity index (χ4v) is 2.95. The number of hydrogen-bond donors (Lipinski definition) is 2. The summed E-state index contributed by atoms with van der Waals surface area (Å²) in [5.74, 6) is 1.69. The lowest BCUT2D eigenvalue weighted by Gasteiger charge is -2.20. The molecule has 0 atom stereocenters. The Morgan fingerprint density at radius 2 is 2.17 bits per heavy atom. The van der Waals surface area contributed by atoms with Crippen LogP contribution in [0.3, 0.4) is 0 Å². The van der Waals surface area contributed by atoms with E-state index >= 15 is 0 Å². The maximum atomic E-state index is 5.85. The molecular formula is C17H19N5O. The number of hydrogen-bond acceptors (Lipinski definition) is 5. The first kappa shape index (κ1) is 13.9. The first-order valence-corrected chi connectivity index (χ1v) is 7.81. The SMILES string of the molecule is CNc1cc(Nc2cccc3c2OCCC3)nn2c(C)cnc12. The van der Waals surface area contributed by atoms with Crippen LogP contribution in [-0.4, -0.2) is 28.3 Å². The summed E-state index contributed by atoms with van der Waals surface area (Å²) in [7, 11) is 1.89. The Hall–Kier alpha value is -2.76. The molecule has 0 spiro atoms. The number of ether oxygens (including phenoxy) is 1. The van der Waals surface area contributed by atoms with Gasteiger partial charge in [0.2, 0.25) is 0 Å². The highest BCUT2D eigenvalue weighted by Crippen LogP contribution is 2.34. The number of imidazole rings is 1. The van der Waals surface area contributed by atoms with Gasteiger partial charge in [-0.2, -0.15) is 0 Å². The third kappa shape index (κ3) is 2.36. The van der Waals surface area contributed by atoms with E-state index in [1.807, 2.05) is 36.8 Å². The highest BCUT2D eigenvalue weighted by Gasteiger charge is 2.15. The van der Waals surface area contributed by atoms with Crippen LogP contribution in [0.5, 0.6) is 5.75 Å². The number of nitrogens with zero attached hydrogens (tertiary/aromatic N) is 3. The molecule has 0 radical (unpaired) electrons. The monoisotopic (exact) mass is 309 g/mol. The van der Waals surface area contributed by atoms with Gasteiger partial charge in [0.05, 0.1) is 29.9 Å². The van der Waals surface area contributed by atoms with Crippen LogP contribution in [-0.2, 0) is 6.42 Å². The highest BCUT2D eigenvalue weighted by molar-refractivity contribution is 5.74. The van der Waals surface area contributed by atoms with Crippen LogP contribution in [0.15, 0.2) is 30.5 Å². The summed E-state index contributed by atoms with van der Waals surface area (Å²) in [5, 5.41) is 11.2. The molecule has 3 aromatic rings. The molecule has 0 saturated heterocycles. The molecule has 0 bridgehead atoms. The molecule has 3 heterocycles. The van der Waals surface area contributed by atoms with Crippen LogP contribution >= 0.6 is 0 Å². The lowest BCUT2D eigenvalue weighted by Crippen LogP contribution is -2.11. The topological polar surface area (TPSA) is 63.5 Å². The standard InChI is InChI=1S/C17H19N5O/c1-11-10-19-17-14(18-2)9-15(21-22(11)17)20-13-7-3-5-12-6-4-8-23-16(12)13/h3,5,7,9-10,18H,4,6,8H2,1-2H3,(H,20,21). The van der Waals surface area contributed by atoms with Crippen molar-refractivity contribution < 1.29 is 4.74 Å². The molecule has 1 aromatic carbocycles. The van der Waals surface area contributed by atoms with Crippen molar-refractivity contribution in [3.63, 3.8) is 0 Å². The molecule has 0 amide bonds. The molecular weight excluding hydrogens is 290 g/mol. The van der Waals surface area contributed by atoms with Gasteiger partial charge in [-0.1, -0.05) is 12.1 Å². The molecule has 0 saturated carbocycles. The number of fused-ring (bicyclic) bond motifs is 2. The fourth-order valence-electron chi connectivity index (χ4n) is 2.95. The minimum Gasteiger partial charge on any atom is -0.491 e. The summed E-state index contributed by atoms with van der Waals surface area (Å²) in [5.41, 5.74) is 4.94. The molecule has 6 nitrogen and oxygen atoms in total. The Morgan fingerprint density at radius 1 is 1.26 bits per heavy atom. The lowest BCUT2D eigenvalue weighted by atomic mass is 10.1. The van der Waals surface area contributed by atoms with Gasteiger partial charge >= 0.3 is 0 Å². The number of aromatic nitrogens is 3. The lowest BCUT2D eigenvalue weighted by molar-refractivity contribution is 0.290. The van der Waals surface area contributed by atoms with Gasteiger partial charge in [-0.15, -0.1) is 5.10 Å². The number of benzene rings is 1. The first-order chi connectivity index (χ1) is 11.3. The predicted octanol–water partition coefficient (Wildman–Crippen LogP) is 3.15. The van der Waals surface area contributed by atoms with Crippen molar-refractivity contribution in [3.05, 3.63) is 41.7 Å². The summed E-state index contributed by atoms with van der Waals surface area (Å²) < 4.78 is 7.69. The van der Waals surface area contributed by atoms with Gasteiger partial charge in [0.25, 0.3) is 0 Å². The quantitative estimate of drug-likeness (QED) is 0.778. The van der Waals surface area contributed by atoms with E-state index in [4.69, 9.17) is 4.74 Å². The van der Waals surface area contributed by atoms with E-state index in [2.05, 4.69) is 32.8 Å². The van der Waals surface area contributed by atoms with Crippen molar-refractivity contribution in [2.24, 2.45) is 0 Å². The maximum absolute atomic E-state index is 5.85. The molecule has 0 unspecified atom stereocenters. The van der Waals surface area contributed by atoms with Gasteiger partial charge in [0.15, 0.2) is 11.5 Å². The molecule has 2 aromatic heterocycles. The Kier molecular flexibility index (Phi) is 3.29. The third-order valence-electron chi connectivity index (χ3n) is 4.10. The number of rotatable bonds is 3. The number of anilines is 3. The van der Waals surface area contributed by atoms with Gasteiger partial charge < -0.3 is 15.4 Å². The molecule has 23 heavy (non-hydrogen) atoms. The highest BCUT2D eigenvalue weighted by atomic mass is 16.5. The number of para-hydroxylation sites is 1. The van der Waals surface area contributed by atoms with Crippen LogP contribution in [0.4, 0.5) is 17.2 Å². The van der Waals surface area contributed by atoms with Crippen molar-refractivity contribution in [2.75, 3.05) is 24.3 Å². The minimum atomic E-state index is 0.755. The molecule has 4 rings (SSSR count). The number of aryl methyl sites for hydroxylation is 2. The minimum absolute atomic E-state index is 0.755. The van der Waals surface area contributed by atoms with Gasteiger partial charge in [-0.05, 0) is 31.4 Å². The van der Waals surface area contributed by atoms with Crippen molar-refractivity contribution >= 4 is 22.8 Å². The van der Waals surface area contributed by atoms with Crippen LogP contribution < -0.4 is 15.4 Å². The van der Waals surface area contributed by atoms with Gasteiger partial charge in [0.1, 0.15) is 5.75 Å². The van der Waals surface area contributed by atoms with Crippen molar-refractivity contribution in [3.8, 4) is 5.75 Å². The second kappa shape index (κ2) is 5.46. The van der Waals surface area contributed by atoms with E-state index in [0.29, 0.717) is 0 Å². The zero-order chi connectivity index (χ0) is 15.8. The van der Waals surface area contributed by atoms with Crippen LogP contribution in [0.2, 0.25) is 0 Å². The molecule has 118 valence electrons. The molecule has 2 N–H and O–H groups in total. The zero-order valence-corrected chi connectivity index (χ0v) is 13.3. The predicted molar refractivity (Wildman–Crippen MR) is 90.8 cm³/mol. The Labute approximate surface area is 134 Å². The van der Waals surface area contributed by atoms with Crippen LogP contribution in [0.1, 0.15) is 17.7 Å². The van der Waals surface area contributed by atoms with E-state index in [0.717, 1.165) is 53.7 Å². The summed E-state index contributed by atoms with van der Waals surface area (Å²) in [4.78, 5) is 4.39. The normalized spacial score (nSPS) is 13.5. The van der Waals surface area contributed by atoms with Crippen molar-refractivity contribution in [1.29, 1.82) is 0 Å². The molecule has 1 aliphatic rings. The summed E-state index contributed by atoms with van der Waals surface area (Å²) in [6.45, 7) is 2.75. The Balaban J connectivity index is 1.77. The van der Waals surface area contributed by atoms with E-state index in [1.165, 1.54) is 5.56 Å². The second-order valence-electron chi connectivity index (χ2n) is 5.70. The largest absolute Gasteiger partial charge is 0.491 e. The van der Waals surface area contributed by atoms with Crippen LogP contribution in [0, 0.1) is 6.92 Å². The van der Waals surface area contributed by atoms with E-state index < -0.39 is 0 Å². The molecule has 1 aliphatic heterocycles. The summed E-state index contributed by atoms with van der Waals surface area (Å²) in [6, 6.07) is 8.16. The third-order valence-corrected chi connectivity index (χ3v) is 4.10. The maximum Gasteiger partial charge on any atom is 0.177 e. The summed E-state index contributed by atoms with van der Waals surface area (Å²) in [6.07, 6.45) is 3.94. The van der Waals surface area contributed by atoms with Gasteiger partial charge in [0, 0.05) is 13.1 Å². The Bertz CT molecular complexity index is 871. The molecule has 0 fully saturated rings. The van der Waals surface area contributed by atoms with Gasteiger partial charge in [-0.25, -0.2) is 9.50 Å². The zero-order valence-electron chi connectivity index (χ0n) is 13.3. The second-order valence-corrected chi connectivity index (χ2v) is 5.70. The van der Waals surface area contributed by atoms with Crippen molar-refractivity contribution in [1.82, 2.24) is 14.6 Å². The van der Waals surface area contributed by atoms with Gasteiger partial charge in [-0.3, -0.25) is 0 Å². The molecule has 0 aliphatic carbocycles. The van der Waals surface area contributed by atoms with Crippen LogP contribution in [0.25, 0.3) is 5.65 Å². The van der Waals surface area contributed by atoms with Crippen molar-refractivity contribution in [2.45, 2.75) is 19.8 Å². The molecule has 6 heteroatoms. The average molecular weight is 309 g/mol. The number of nitrogens with one attached hydrogen (secondary N) is 2. The Morgan fingerprint density at radius 3 is 3.04 bits per heavy atom. The van der Waals surface area contributed by atoms with E-state index in [-0.39, 0.29) is 0 Å². The summed E-state index contributed by atoms with van der Waals surface area (Å²) >= 11 is 0. The van der Waals surface area contributed by atoms with E-state index in [9.17, 15) is 0 Å². The smallest absolute Gasteiger partial charge is 0.177 e. The van der Waals surface area contributed by atoms with E-state index in [1.54, 1.807) is 0 Å². The fraction of sp³-hybridized carbons (Fsp3) is 0.294.